The van der Waals surface area contributed by atoms with Crippen LogP contribution in [0, 0.1) is 5.92 Å². The first-order valence-electron chi connectivity index (χ1n) is 5.51. The Kier molecular flexibility index (Phi) is 4.83. The first kappa shape index (κ1) is 14.6. The third kappa shape index (κ3) is 3.28. The topological polar surface area (TPSA) is 113 Å². The number of carboxylic acids is 1. The Bertz CT molecular complexity index is 361. The molecule has 8 heteroatoms. The molecule has 0 radical (unpaired) electrons. The predicted molar refractivity (Wildman–Crippen MR) is 66.9 cm³/mol. The molecule has 1 saturated heterocycles. The highest BCUT2D eigenvalue weighted by atomic mass is 32.2. The average molecular weight is 275 g/mol. The number of carbonyl (C=O) groups is 3. The second-order valence-electron chi connectivity index (χ2n) is 4.40. The van der Waals surface area contributed by atoms with Crippen LogP contribution in [0.15, 0.2) is 0 Å². The van der Waals surface area contributed by atoms with Crippen LogP contribution in [0.5, 0.6) is 0 Å². The van der Waals surface area contributed by atoms with Gasteiger partial charge in [0.15, 0.2) is 0 Å². The summed E-state index contributed by atoms with van der Waals surface area (Å²) in [6.45, 7) is 3.51. The van der Waals surface area contributed by atoms with Crippen molar-refractivity contribution in [2.45, 2.75) is 25.9 Å². The van der Waals surface area contributed by atoms with Crippen LogP contribution in [-0.4, -0.2) is 51.6 Å². The fraction of sp³-hybridized carbons (Fsp3) is 0.700. The third-order valence-corrected chi connectivity index (χ3v) is 3.69. The van der Waals surface area contributed by atoms with Gasteiger partial charge in [-0.15, -0.1) is 11.8 Å². The van der Waals surface area contributed by atoms with Crippen LogP contribution < -0.4 is 11.1 Å². The van der Waals surface area contributed by atoms with E-state index in [2.05, 4.69) is 5.32 Å². The number of hydrogen-bond donors (Lipinski definition) is 3. The van der Waals surface area contributed by atoms with Crippen molar-refractivity contribution >= 4 is 29.7 Å². The van der Waals surface area contributed by atoms with Crippen molar-refractivity contribution in [1.29, 1.82) is 0 Å². The molecule has 0 aromatic rings. The summed E-state index contributed by atoms with van der Waals surface area (Å²) < 4.78 is 0. The van der Waals surface area contributed by atoms with Gasteiger partial charge >= 0.3 is 12.0 Å². The van der Waals surface area contributed by atoms with Crippen molar-refractivity contribution in [3.05, 3.63) is 0 Å². The Morgan fingerprint density at radius 1 is 1.44 bits per heavy atom. The highest BCUT2D eigenvalue weighted by Crippen LogP contribution is 2.21. The largest absolute Gasteiger partial charge is 0.480 e. The van der Waals surface area contributed by atoms with Gasteiger partial charge in [-0.2, -0.15) is 0 Å². The van der Waals surface area contributed by atoms with E-state index in [-0.39, 0.29) is 5.92 Å². The number of nitrogens with zero attached hydrogens (tertiary/aromatic N) is 1. The molecule has 0 aromatic heterocycles. The molecule has 1 heterocycles. The number of urea groups is 1. The van der Waals surface area contributed by atoms with E-state index in [0.717, 1.165) is 0 Å². The summed E-state index contributed by atoms with van der Waals surface area (Å²) in [6, 6.07) is -2.21. The molecule has 1 unspecified atom stereocenters. The molecule has 4 N–H and O–H groups in total. The van der Waals surface area contributed by atoms with Crippen LogP contribution in [-0.2, 0) is 9.59 Å². The van der Waals surface area contributed by atoms with Crippen molar-refractivity contribution in [2.75, 3.05) is 11.6 Å². The van der Waals surface area contributed by atoms with Gasteiger partial charge < -0.3 is 21.1 Å². The highest BCUT2D eigenvalue weighted by Gasteiger charge is 2.36. The molecule has 1 aliphatic rings. The number of nitrogens with one attached hydrogen (secondary N) is 1. The number of aliphatic carboxylic acids is 1. The number of carboxylic acid groups (broad SMARTS) is 1. The number of carbonyl (C=O) groups excluding carboxylic acids is 2. The molecule has 0 aliphatic carbocycles. The Hall–Kier alpha value is -1.44. The van der Waals surface area contributed by atoms with Crippen LogP contribution >= 0.6 is 11.8 Å². The van der Waals surface area contributed by atoms with Crippen molar-refractivity contribution in [3.8, 4) is 0 Å². The van der Waals surface area contributed by atoms with E-state index in [1.165, 1.54) is 16.7 Å². The highest BCUT2D eigenvalue weighted by molar-refractivity contribution is 7.99. The molecule has 1 fully saturated rings. The van der Waals surface area contributed by atoms with Gasteiger partial charge in [-0.1, -0.05) is 13.8 Å². The van der Waals surface area contributed by atoms with Crippen LogP contribution in [0.3, 0.4) is 0 Å². The maximum atomic E-state index is 11.9. The minimum Gasteiger partial charge on any atom is -0.480 e. The molecule has 102 valence electrons. The zero-order valence-corrected chi connectivity index (χ0v) is 11.1. The lowest BCUT2D eigenvalue weighted by Crippen LogP contribution is -2.54. The molecule has 1 aliphatic heterocycles. The lowest BCUT2D eigenvalue weighted by Gasteiger charge is -2.25. The maximum Gasteiger partial charge on any atom is 0.327 e. The van der Waals surface area contributed by atoms with Crippen molar-refractivity contribution in [2.24, 2.45) is 11.7 Å². The molecular formula is C10H17N3O4S. The maximum absolute atomic E-state index is 11.9. The Balaban J connectivity index is 2.69. The number of hydrogen-bond acceptors (Lipinski definition) is 4. The van der Waals surface area contributed by atoms with Gasteiger partial charge in [0, 0.05) is 5.75 Å². The fourth-order valence-corrected chi connectivity index (χ4v) is 2.77. The number of thioether (sulfide) groups is 1. The molecule has 2 atom stereocenters. The summed E-state index contributed by atoms with van der Waals surface area (Å²) >= 11 is 1.36. The van der Waals surface area contributed by atoms with E-state index >= 15 is 0 Å². The van der Waals surface area contributed by atoms with E-state index in [1.807, 2.05) is 0 Å². The normalized spacial score (nSPS) is 20.8. The van der Waals surface area contributed by atoms with E-state index in [4.69, 9.17) is 10.8 Å². The van der Waals surface area contributed by atoms with E-state index < -0.39 is 30.0 Å². The Morgan fingerprint density at radius 2 is 2.06 bits per heavy atom. The zero-order valence-electron chi connectivity index (χ0n) is 10.3. The second kappa shape index (κ2) is 5.94. The Morgan fingerprint density at radius 3 is 2.50 bits per heavy atom. The van der Waals surface area contributed by atoms with Crippen molar-refractivity contribution < 1.29 is 19.5 Å². The summed E-state index contributed by atoms with van der Waals surface area (Å²) in [5, 5.41) is 11.4. The van der Waals surface area contributed by atoms with Crippen molar-refractivity contribution in [3.63, 3.8) is 0 Å². The van der Waals surface area contributed by atoms with Crippen LogP contribution in [0.4, 0.5) is 4.79 Å². The van der Waals surface area contributed by atoms with E-state index in [1.54, 1.807) is 13.8 Å². The number of rotatable bonds is 4. The average Bonchev–Trinajstić information content (AvgIpc) is 2.73. The summed E-state index contributed by atoms with van der Waals surface area (Å²) in [4.78, 5) is 35.2. The van der Waals surface area contributed by atoms with Gasteiger partial charge in [-0.3, -0.25) is 4.79 Å². The first-order chi connectivity index (χ1) is 8.34. The number of primary amides is 1. The van der Waals surface area contributed by atoms with Gasteiger partial charge in [-0.25, -0.2) is 9.59 Å². The lowest BCUT2D eigenvalue weighted by molar-refractivity contribution is -0.140. The molecule has 18 heavy (non-hydrogen) atoms. The van der Waals surface area contributed by atoms with E-state index in [0.29, 0.717) is 11.6 Å². The molecule has 0 aromatic carbocycles. The zero-order chi connectivity index (χ0) is 13.9. The molecule has 0 saturated carbocycles. The fourth-order valence-electron chi connectivity index (χ4n) is 1.63. The van der Waals surface area contributed by atoms with Gasteiger partial charge in [-0.05, 0) is 5.92 Å². The minimum atomic E-state index is -1.05. The standard InChI is InChI=1S/C10H17N3O4S/c1-5(2)7(8(11)14)12-10(17)13-4-18-3-6(13)9(15)16/h5-7H,3-4H2,1-2H3,(H2,11,14)(H,12,17)(H,15,16)/t6-,7?/m0/s1. The molecule has 0 spiro atoms. The van der Waals surface area contributed by atoms with Gasteiger partial charge in [0.25, 0.3) is 0 Å². The van der Waals surface area contributed by atoms with Gasteiger partial charge in [0.05, 0.1) is 5.88 Å². The minimum absolute atomic E-state index is 0.148. The summed E-state index contributed by atoms with van der Waals surface area (Å²) in [6.07, 6.45) is 0. The lowest BCUT2D eigenvalue weighted by atomic mass is 10.0. The Labute approximate surface area is 109 Å². The van der Waals surface area contributed by atoms with Crippen LogP contribution in [0.25, 0.3) is 0 Å². The smallest absolute Gasteiger partial charge is 0.327 e. The summed E-state index contributed by atoms with van der Waals surface area (Å²) in [7, 11) is 0. The quantitative estimate of drug-likeness (QED) is 0.650. The SMILES string of the molecule is CC(C)C(NC(=O)N1CSC[C@H]1C(=O)O)C(N)=O. The van der Waals surface area contributed by atoms with Gasteiger partial charge in [0.2, 0.25) is 5.91 Å². The van der Waals surface area contributed by atoms with E-state index in [9.17, 15) is 14.4 Å². The second-order valence-corrected chi connectivity index (χ2v) is 5.40. The van der Waals surface area contributed by atoms with Crippen molar-refractivity contribution in [1.82, 2.24) is 10.2 Å². The molecule has 1 rings (SSSR count). The van der Waals surface area contributed by atoms with Crippen LogP contribution in [0.2, 0.25) is 0 Å². The third-order valence-electron chi connectivity index (χ3n) is 2.68. The van der Waals surface area contributed by atoms with Crippen LogP contribution in [0.1, 0.15) is 13.8 Å². The summed E-state index contributed by atoms with van der Waals surface area (Å²) in [5.41, 5.74) is 5.19. The molecule has 0 bridgehead atoms. The van der Waals surface area contributed by atoms with Gasteiger partial charge in [0.1, 0.15) is 12.1 Å². The number of amides is 3. The molecule has 7 nitrogen and oxygen atoms in total. The predicted octanol–water partition coefficient (Wildman–Crippen LogP) is -0.335. The summed E-state index contributed by atoms with van der Waals surface area (Å²) in [5.74, 6) is -1.17. The number of nitrogens with two attached hydrogens (primary N) is 1. The molecular weight excluding hydrogens is 258 g/mol. The first-order valence-corrected chi connectivity index (χ1v) is 6.67. The monoisotopic (exact) mass is 275 g/mol. The molecule has 3 amide bonds.